The fraction of sp³-hybridized carbons (Fsp3) is 0.600. The zero-order valence-corrected chi connectivity index (χ0v) is 22.1. The first-order valence-corrected chi connectivity index (χ1v) is 13.1. The van der Waals surface area contributed by atoms with Crippen LogP contribution >= 0.6 is 24.0 Å². The van der Waals surface area contributed by atoms with Gasteiger partial charge in [-0.3, -0.25) is 19.1 Å². The predicted molar refractivity (Wildman–Crippen MR) is 140 cm³/mol. The molecule has 0 radical (unpaired) electrons. The van der Waals surface area contributed by atoms with Crippen molar-refractivity contribution in [1.82, 2.24) is 9.47 Å². The van der Waals surface area contributed by atoms with Crippen LogP contribution in [0.5, 0.6) is 0 Å². The highest BCUT2D eigenvalue weighted by molar-refractivity contribution is 8.26. The Morgan fingerprint density at radius 2 is 1.88 bits per heavy atom. The first-order chi connectivity index (χ1) is 15.6. The average molecular weight is 487 g/mol. The summed E-state index contributed by atoms with van der Waals surface area (Å²) < 4.78 is 2.31. The van der Waals surface area contributed by atoms with Crippen molar-refractivity contribution in [2.75, 3.05) is 18.0 Å². The van der Waals surface area contributed by atoms with E-state index in [1.807, 2.05) is 33.8 Å². The number of anilines is 1. The Kier molecular flexibility index (Phi) is 8.07. The van der Waals surface area contributed by atoms with Crippen LogP contribution in [-0.4, -0.2) is 38.8 Å². The number of thioether (sulfide) groups is 1. The van der Waals surface area contributed by atoms with Crippen LogP contribution in [0.15, 0.2) is 9.70 Å². The second-order valence-electron chi connectivity index (χ2n) is 9.47. The topological polar surface area (TPSA) is 69.3 Å². The van der Waals surface area contributed by atoms with Gasteiger partial charge >= 0.3 is 0 Å². The zero-order valence-electron chi connectivity index (χ0n) is 20.5. The molecule has 0 aromatic carbocycles. The Morgan fingerprint density at radius 3 is 2.42 bits per heavy atom. The van der Waals surface area contributed by atoms with E-state index in [0.29, 0.717) is 33.2 Å². The van der Waals surface area contributed by atoms with Crippen molar-refractivity contribution in [3.05, 3.63) is 31.9 Å². The quantitative estimate of drug-likeness (QED) is 0.420. The number of thiocarbonyl (C=S) groups is 1. The van der Waals surface area contributed by atoms with Crippen LogP contribution in [0.4, 0.5) is 5.82 Å². The number of amides is 1. The monoisotopic (exact) mass is 486 g/mol. The molecule has 0 bridgehead atoms. The van der Waals surface area contributed by atoms with Gasteiger partial charge in [-0.2, -0.15) is 5.26 Å². The number of aromatic nitrogens is 1. The van der Waals surface area contributed by atoms with Crippen molar-refractivity contribution in [3.63, 3.8) is 0 Å². The molecule has 2 aliphatic heterocycles. The maximum absolute atomic E-state index is 13.3. The lowest BCUT2D eigenvalue weighted by atomic mass is 9.91. The van der Waals surface area contributed by atoms with Crippen LogP contribution in [0, 0.1) is 30.1 Å². The number of hydrogen-bond acceptors (Lipinski definition) is 6. The molecule has 2 fully saturated rings. The molecule has 0 saturated carbocycles. The summed E-state index contributed by atoms with van der Waals surface area (Å²) in [5.41, 5.74) is 1.31. The van der Waals surface area contributed by atoms with E-state index in [1.165, 1.54) is 11.8 Å². The van der Waals surface area contributed by atoms with Gasteiger partial charge in [0, 0.05) is 31.2 Å². The molecule has 33 heavy (non-hydrogen) atoms. The summed E-state index contributed by atoms with van der Waals surface area (Å²) in [5, 5.41) is 9.80. The van der Waals surface area contributed by atoms with Gasteiger partial charge in [-0.15, -0.1) is 0 Å². The molecule has 6 nitrogen and oxygen atoms in total. The normalized spacial score (nSPS) is 23.4. The molecule has 1 aromatic heterocycles. The lowest BCUT2D eigenvalue weighted by molar-refractivity contribution is -0.123. The Hall–Kier alpha value is -2.11. The fourth-order valence-corrected chi connectivity index (χ4v) is 6.37. The number of piperidine rings is 1. The van der Waals surface area contributed by atoms with Gasteiger partial charge in [-0.1, -0.05) is 51.7 Å². The largest absolute Gasteiger partial charge is 0.357 e. The Morgan fingerprint density at radius 1 is 1.24 bits per heavy atom. The molecule has 0 aliphatic carbocycles. The van der Waals surface area contributed by atoms with Crippen molar-refractivity contribution in [1.29, 1.82) is 5.26 Å². The summed E-state index contributed by atoms with van der Waals surface area (Å²) in [5.74, 6) is 1.71. The van der Waals surface area contributed by atoms with Crippen LogP contribution < -0.4 is 10.5 Å². The molecule has 1 amide bonds. The Labute approximate surface area is 206 Å². The molecule has 2 aliphatic rings. The standard InChI is InChI=1S/C25H34N4O2S2/c1-7-9-28-22(27-13-15(3)10-16(4)14-27)19(18(6)20(12-26)23(28)30)11-21-24(31)29(17(5)8-2)25(32)33-21/h11,15-17H,7-10,13-14H2,1-6H3/b21-11-. The van der Waals surface area contributed by atoms with Gasteiger partial charge in [-0.05, 0) is 56.6 Å². The van der Waals surface area contributed by atoms with Crippen LogP contribution in [0.25, 0.3) is 6.08 Å². The molecule has 3 unspecified atom stereocenters. The lowest BCUT2D eigenvalue weighted by Crippen LogP contribution is -2.43. The molecule has 0 N–H and O–H groups in total. The van der Waals surface area contributed by atoms with Gasteiger partial charge in [-0.25, -0.2) is 0 Å². The minimum Gasteiger partial charge on any atom is -0.357 e. The van der Waals surface area contributed by atoms with Gasteiger partial charge in [0.2, 0.25) is 0 Å². The first-order valence-electron chi connectivity index (χ1n) is 11.8. The van der Waals surface area contributed by atoms with E-state index in [0.717, 1.165) is 43.7 Å². The van der Waals surface area contributed by atoms with Gasteiger partial charge in [0.1, 0.15) is 21.8 Å². The molecule has 3 rings (SSSR count). The molecule has 8 heteroatoms. The van der Waals surface area contributed by atoms with Crippen molar-refractivity contribution >= 4 is 46.1 Å². The fourth-order valence-electron chi connectivity index (χ4n) is 4.93. The molecular formula is C25H34N4O2S2. The van der Waals surface area contributed by atoms with E-state index < -0.39 is 0 Å². The first kappa shape index (κ1) is 25.5. The highest BCUT2D eigenvalue weighted by Crippen LogP contribution is 2.38. The lowest BCUT2D eigenvalue weighted by Gasteiger charge is -2.39. The molecule has 1 aromatic rings. The van der Waals surface area contributed by atoms with Crippen LogP contribution in [0.2, 0.25) is 0 Å². The Bertz CT molecular complexity index is 1080. The molecule has 3 atom stereocenters. The second-order valence-corrected chi connectivity index (χ2v) is 11.1. The van der Waals surface area contributed by atoms with Crippen molar-refractivity contribution < 1.29 is 4.79 Å². The molecule has 2 saturated heterocycles. The van der Waals surface area contributed by atoms with Crippen LogP contribution in [0.3, 0.4) is 0 Å². The van der Waals surface area contributed by atoms with E-state index >= 15 is 0 Å². The van der Waals surface area contributed by atoms with E-state index in [9.17, 15) is 14.9 Å². The third-order valence-electron chi connectivity index (χ3n) is 6.59. The van der Waals surface area contributed by atoms with E-state index in [1.54, 1.807) is 9.47 Å². The third-order valence-corrected chi connectivity index (χ3v) is 7.92. The van der Waals surface area contributed by atoms with Gasteiger partial charge in [0.15, 0.2) is 0 Å². The number of carbonyl (C=O) groups excluding carboxylic acids is 1. The number of nitrogens with zero attached hydrogens (tertiary/aromatic N) is 4. The van der Waals surface area contributed by atoms with Crippen LogP contribution in [0.1, 0.15) is 70.6 Å². The summed E-state index contributed by atoms with van der Waals surface area (Å²) in [6, 6.07) is 2.15. The zero-order chi connectivity index (χ0) is 24.4. The second kappa shape index (κ2) is 10.4. The summed E-state index contributed by atoms with van der Waals surface area (Å²) in [7, 11) is 0. The van der Waals surface area contributed by atoms with Gasteiger partial charge in [0.25, 0.3) is 11.5 Å². The molecular weight excluding hydrogens is 452 g/mol. The predicted octanol–water partition coefficient (Wildman–Crippen LogP) is 4.92. The van der Waals surface area contributed by atoms with Gasteiger partial charge < -0.3 is 4.90 Å². The van der Waals surface area contributed by atoms with Crippen molar-refractivity contribution in [3.8, 4) is 6.07 Å². The molecule has 0 spiro atoms. The third kappa shape index (κ3) is 4.90. The number of pyridine rings is 1. The summed E-state index contributed by atoms with van der Waals surface area (Å²) in [6.07, 6.45) is 4.60. The van der Waals surface area contributed by atoms with Gasteiger partial charge in [0.05, 0.1) is 4.91 Å². The minimum absolute atomic E-state index is 0.0245. The van der Waals surface area contributed by atoms with Crippen molar-refractivity contribution in [2.45, 2.75) is 73.4 Å². The SMILES string of the molecule is CCCn1c(N2CC(C)CC(C)C2)c(/C=C2\SC(=S)N(C(C)CC)C2=O)c(C)c(C#N)c1=O. The van der Waals surface area contributed by atoms with E-state index in [2.05, 4.69) is 24.8 Å². The molecule has 178 valence electrons. The highest BCUT2D eigenvalue weighted by Gasteiger charge is 2.36. The smallest absolute Gasteiger partial charge is 0.270 e. The maximum atomic E-state index is 13.3. The number of nitriles is 1. The average Bonchev–Trinajstić information content (AvgIpc) is 3.03. The van der Waals surface area contributed by atoms with E-state index in [-0.39, 0.29) is 23.1 Å². The minimum atomic E-state index is -0.248. The molecule has 3 heterocycles. The summed E-state index contributed by atoms with van der Waals surface area (Å²) in [6.45, 7) is 14.6. The number of hydrogen-bond donors (Lipinski definition) is 0. The number of carbonyl (C=O) groups is 1. The summed E-state index contributed by atoms with van der Waals surface area (Å²) >= 11 is 6.82. The van der Waals surface area contributed by atoms with E-state index in [4.69, 9.17) is 12.2 Å². The maximum Gasteiger partial charge on any atom is 0.270 e. The number of rotatable bonds is 6. The Balaban J connectivity index is 2.26. The summed E-state index contributed by atoms with van der Waals surface area (Å²) in [4.78, 5) is 31.1. The van der Waals surface area contributed by atoms with Crippen molar-refractivity contribution in [2.24, 2.45) is 11.8 Å². The van der Waals surface area contributed by atoms with Crippen LogP contribution in [-0.2, 0) is 11.3 Å². The highest BCUT2D eigenvalue weighted by atomic mass is 32.2.